The molecule has 3 aromatic rings. The zero-order valence-corrected chi connectivity index (χ0v) is 36.8. The number of nitrogens with zero attached hydrogens (tertiary/aromatic N) is 2. The summed E-state index contributed by atoms with van der Waals surface area (Å²) in [5, 5.41) is 43.9. The van der Waals surface area contributed by atoms with E-state index in [1.54, 1.807) is 44.2 Å². The van der Waals surface area contributed by atoms with Crippen molar-refractivity contribution in [2.75, 3.05) is 13.1 Å². The van der Waals surface area contributed by atoms with Crippen LogP contribution in [0.3, 0.4) is 0 Å². The average Bonchev–Trinajstić information content (AvgIpc) is 4.00. The number of benzene rings is 2. The number of aromatic amines is 1. The van der Waals surface area contributed by atoms with E-state index in [0.29, 0.717) is 29.7 Å². The molecule has 12 N–H and O–H groups in total. The molecule has 1 aromatic heterocycles. The third kappa shape index (κ3) is 15.4. The quantitative estimate of drug-likeness (QED) is 0.0494. The molecule has 1 saturated heterocycles. The summed E-state index contributed by atoms with van der Waals surface area (Å²) in [7, 11) is 0. The predicted octanol–water partition coefficient (Wildman–Crippen LogP) is -1.37. The molecule has 0 aliphatic carbocycles. The lowest BCUT2D eigenvalue weighted by Crippen LogP contribution is -2.61. The number of carbonyl (C=O) groups is 9. The van der Waals surface area contributed by atoms with E-state index in [0.717, 1.165) is 0 Å². The molecule has 22 nitrogen and oxygen atoms in total. The number of hydrogen-bond donors (Lipinski definition) is 11. The second-order valence-electron chi connectivity index (χ2n) is 16.1. The standard InChI is InChI=1S/C44H58N10O12/c1-4-24(2)37(53-40(61)31(17-27-12-14-29(55)15-13-27)50-38(59)25(3)49-35(56)22-47-39(60)30(45)20-36(57)58)42(63)51-32(19-28-21-46-23-48-28)43(64)54-16-8-11-34(54)41(62)52-33(44(65)66)18-26-9-6-5-7-10-26/h5-7,9-10,12-15,21,23-25,30-34,37,55H,4,8,11,16-20,22,45H2,1-3H3,(H,46,48)(H,47,60)(H,49,56)(H,50,59)(H,51,63)(H,52,62)(H,53,61)(H,57,58)(H,65,66)/t24-,25-,30-,31-,32-,33-,34-,37-/m0/s1. The van der Waals surface area contributed by atoms with Gasteiger partial charge < -0.3 is 62.8 Å². The predicted molar refractivity (Wildman–Crippen MR) is 235 cm³/mol. The van der Waals surface area contributed by atoms with Crippen LogP contribution in [0.25, 0.3) is 0 Å². The minimum absolute atomic E-state index is 0.00846. The largest absolute Gasteiger partial charge is 0.508 e. The van der Waals surface area contributed by atoms with Crippen molar-refractivity contribution in [3.63, 3.8) is 0 Å². The Balaban J connectivity index is 1.51. The van der Waals surface area contributed by atoms with Gasteiger partial charge in [0.05, 0.1) is 25.3 Å². The Labute approximate surface area is 380 Å². The number of likely N-dealkylation sites (tertiary alicyclic amines) is 1. The van der Waals surface area contributed by atoms with E-state index >= 15 is 0 Å². The van der Waals surface area contributed by atoms with E-state index in [1.807, 2.05) is 0 Å². The lowest BCUT2D eigenvalue weighted by Gasteiger charge is -2.31. The summed E-state index contributed by atoms with van der Waals surface area (Å²) in [6, 6.07) is 5.61. The topological polar surface area (TPSA) is 344 Å². The first-order valence-electron chi connectivity index (χ1n) is 21.4. The maximum Gasteiger partial charge on any atom is 0.326 e. The summed E-state index contributed by atoms with van der Waals surface area (Å²) in [6.45, 7) is 4.30. The van der Waals surface area contributed by atoms with Gasteiger partial charge in [0, 0.05) is 37.7 Å². The van der Waals surface area contributed by atoms with Crippen molar-refractivity contribution in [2.45, 2.75) is 108 Å². The summed E-state index contributed by atoms with van der Waals surface area (Å²) >= 11 is 0. The molecule has 2 heterocycles. The number of rotatable bonds is 24. The Kier molecular flexibility index (Phi) is 19.1. The molecule has 7 amide bonds. The number of nitrogens with two attached hydrogens (primary N) is 1. The molecule has 0 spiro atoms. The van der Waals surface area contributed by atoms with Gasteiger partial charge in [-0.2, -0.15) is 0 Å². The van der Waals surface area contributed by atoms with E-state index in [2.05, 4.69) is 41.9 Å². The molecule has 1 fully saturated rings. The van der Waals surface area contributed by atoms with Gasteiger partial charge >= 0.3 is 11.9 Å². The van der Waals surface area contributed by atoms with Gasteiger partial charge in [0.25, 0.3) is 0 Å². The monoisotopic (exact) mass is 918 g/mol. The summed E-state index contributed by atoms with van der Waals surface area (Å²) in [4.78, 5) is 126. The number of H-pyrrole nitrogens is 1. The molecule has 66 heavy (non-hydrogen) atoms. The highest BCUT2D eigenvalue weighted by atomic mass is 16.4. The fourth-order valence-electron chi connectivity index (χ4n) is 7.17. The highest BCUT2D eigenvalue weighted by Gasteiger charge is 2.40. The Morgan fingerprint density at radius 1 is 0.788 bits per heavy atom. The summed E-state index contributed by atoms with van der Waals surface area (Å²) in [6.07, 6.45) is 2.98. The number of aliphatic carboxylic acids is 2. The third-order valence-electron chi connectivity index (χ3n) is 11.1. The van der Waals surface area contributed by atoms with Crippen LogP contribution in [0.5, 0.6) is 5.75 Å². The van der Waals surface area contributed by atoms with Crippen molar-refractivity contribution in [3.8, 4) is 5.75 Å². The van der Waals surface area contributed by atoms with Crippen molar-refractivity contribution in [1.82, 2.24) is 46.8 Å². The lowest BCUT2D eigenvalue weighted by molar-refractivity contribution is -0.145. The fraction of sp³-hybridized carbons (Fsp3) is 0.455. The van der Waals surface area contributed by atoms with Crippen LogP contribution >= 0.6 is 0 Å². The van der Waals surface area contributed by atoms with E-state index in [4.69, 9.17) is 10.8 Å². The van der Waals surface area contributed by atoms with Gasteiger partial charge in [-0.1, -0.05) is 62.7 Å². The first-order chi connectivity index (χ1) is 31.4. The molecular weight excluding hydrogens is 861 g/mol. The minimum Gasteiger partial charge on any atom is -0.508 e. The SMILES string of the molecule is CC[C@H](C)[C@H](NC(=O)[C@H](Cc1ccc(O)cc1)NC(=O)[C@H](C)NC(=O)CNC(=O)[C@@H](N)CC(=O)O)C(=O)N[C@@H](Cc1cnc[nH]1)C(=O)N1CCC[C@H]1C(=O)N[C@@H](Cc1ccccc1)C(=O)O. The molecule has 1 aliphatic heterocycles. The van der Waals surface area contributed by atoms with Crippen LogP contribution in [0, 0.1) is 5.92 Å². The maximum atomic E-state index is 14.4. The Hall–Kier alpha value is -7.36. The Morgan fingerprint density at radius 3 is 2.06 bits per heavy atom. The van der Waals surface area contributed by atoms with Gasteiger partial charge in [-0.3, -0.25) is 38.4 Å². The van der Waals surface area contributed by atoms with Crippen LogP contribution in [0.4, 0.5) is 0 Å². The van der Waals surface area contributed by atoms with Crippen molar-refractivity contribution >= 4 is 53.3 Å². The van der Waals surface area contributed by atoms with Gasteiger partial charge in [-0.05, 0) is 48.9 Å². The molecule has 0 radical (unpaired) electrons. The number of carboxylic acid groups (broad SMARTS) is 2. The van der Waals surface area contributed by atoms with Gasteiger partial charge in [0.1, 0.15) is 42.0 Å². The number of phenols is 1. The molecule has 356 valence electrons. The summed E-state index contributed by atoms with van der Waals surface area (Å²) in [5.41, 5.74) is 7.17. The van der Waals surface area contributed by atoms with E-state index in [-0.39, 0.29) is 38.0 Å². The molecule has 8 atom stereocenters. The number of carbonyl (C=O) groups excluding carboxylic acids is 7. The van der Waals surface area contributed by atoms with Crippen molar-refractivity contribution in [1.29, 1.82) is 0 Å². The summed E-state index contributed by atoms with van der Waals surface area (Å²) < 4.78 is 0. The van der Waals surface area contributed by atoms with Crippen LogP contribution in [-0.4, -0.2) is 139 Å². The number of amides is 7. The van der Waals surface area contributed by atoms with Crippen molar-refractivity contribution < 1.29 is 58.5 Å². The Bertz CT molecular complexity index is 2170. The van der Waals surface area contributed by atoms with E-state index in [1.165, 1.54) is 48.6 Å². The number of hydrogen-bond acceptors (Lipinski definition) is 12. The molecular formula is C44H58N10O12. The normalized spacial score (nSPS) is 16.5. The van der Waals surface area contributed by atoms with Gasteiger partial charge in [-0.25, -0.2) is 9.78 Å². The minimum atomic E-state index is -1.42. The zero-order valence-electron chi connectivity index (χ0n) is 36.8. The number of imidazole rings is 1. The molecule has 0 saturated carbocycles. The van der Waals surface area contributed by atoms with Crippen LogP contribution in [0.1, 0.15) is 63.3 Å². The highest BCUT2D eigenvalue weighted by Crippen LogP contribution is 2.21. The second-order valence-corrected chi connectivity index (χ2v) is 16.1. The molecule has 1 aliphatic rings. The van der Waals surface area contributed by atoms with Crippen LogP contribution in [0.2, 0.25) is 0 Å². The highest BCUT2D eigenvalue weighted by molar-refractivity contribution is 5.97. The van der Waals surface area contributed by atoms with Crippen molar-refractivity contribution in [2.24, 2.45) is 11.7 Å². The average molecular weight is 919 g/mol. The maximum absolute atomic E-state index is 14.4. The van der Waals surface area contributed by atoms with E-state index in [9.17, 15) is 53.4 Å². The second kappa shape index (κ2) is 24.6. The smallest absolute Gasteiger partial charge is 0.326 e. The number of aromatic hydroxyl groups is 1. The first kappa shape index (κ1) is 51.3. The third-order valence-corrected chi connectivity index (χ3v) is 11.1. The molecule has 0 unspecified atom stereocenters. The molecule has 4 rings (SSSR count). The summed E-state index contributed by atoms with van der Waals surface area (Å²) in [5.74, 6) is -8.59. The molecule has 2 aromatic carbocycles. The van der Waals surface area contributed by atoms with E-state index < -0.39 is 114 Å². The zero-order chi connectivity index (χ0) is 48.5. The van der Waals surface area contributed by atoms with Gasteiger partial charge in [0.2, 0.25) is 41.4 Å². The number of nitrogens with one attached hydrogen (secondary N) is 7. The van der Waals surface area contributed by atoms with Gasteiger partial charge in [0.15, 0.2) is 0 Å². The number of phenolic OH excluding ortho intramolecular Hbond substituents is 1. The van der Waals surface area contributed by atoms with Crippen molar-refractivity contribution in [3.05, 3.63) is 83.9 Å². The van der Waals surface area contributed by atoms with Crippen LogP contribution in [-0.2, 0) is 62.4 Å². The fourth-order valence-corrected chi connectivity index (χ4v) is 7.17. The Morgan fingerprint density at radius 2 is 1.44 bits per heavy atom. The van der Waals surface area contributed by atoms with Crippen LogP contribution < -0.4 is 37.6 Å². The number of carboxylic acids is 2. The van der Waals surface area contributed by atoms with Crippen LogP contribution in [0.15, 0.2) is 67.1 Å². The first-order valence-corrected chi connectivity index (χ1v) is 21.4. The lowest BCUT2D eigenvalue weighted by atomic mass is 9.96. The number of aromatic nitrogens is 2. The molecule has 0 bridgehead atoms. The molecule has 22 heteroatoms. The van der Waals surface area contributed by atoms with Gasteiger partial charge in [-0.15, -0.1) is 0 Å².